The number of aryl methyl sites for hydroxylation is 1. The predicted molar refractivity (Wildman–Crippen MR) is 88.8 cm³/mol. The number of aliphatic carboxylic acids is 1. The molecule has 1 aliphatic rings. The van der Waals surface area contributed by atoms with Gasteiger partial charge in [-0.15, -0.1) is 0 Å². The van der Waals surface area contributed by atoms with Gasteiger partial charge < -0.3 is 15.2 Å². The monoisotopic (exact) mass is 361 g/mol. The van der Waals surface area contributed by atoms with Gasteiger partial charge in [-0.3, -0.25) is 4.79 Å². The first-order chi connectivity index (χ1) is 12.4. The first-order valence-corrected chi connectivity index (χ1v) is 8.16. The zero-order valence-corrected chi connectivity index (χ0v) is 13.8. The zero-order chi connectivity index (χ0) is 18.7. The minimum Gasteiger partial charge on any atom is -0.493 e. The molecule has 0 bridgehead atoms. The van der Waals surface area contributed by atoms with Gasteiger partial charge in [0.15, 0.2) is 6.04 Å². The summed E-state index contributed by atoms with van der Waals surface area (Å²) in [5, 5.41) is 11.9. The van der Waals surface area contributed by atoms with Crippen molar-refractivity contribution in [3.05, 3.63) is 64.7 Å². The molecular weight excluding hydrogens is 344 g/mol. The Kier molecular flexibility index (Phi) is 5.16. The number of benzene rings is 2. The Balaban J connectivity index is 1.67. The van der Waals surface area contributed by atoms with Crippen LogP contribution in [0, 0.1) is 11.6 Å². The number of carboxylic acid groups (broad SMARTS) is 1. The Morgan fingerprint density at radius 3 is 2.77 bits per heavy atom. The van der Waals surface area contributed by atoms with Crippen molar-refractivity contribution in [2.75, 3.05) is 6.61 Å². The number of carbonyl (C=O) groups excluding carboxylic acids is 1. The first-order valence-electron chi connectivity index (χ1n) is 8.16. The molecule has 1 atom stereocenters. The molecule has 2 aromatic carbocycles. The van der Waals surface area contributed by atoms with Crippen molar-refractivity contribution in [2.24, 2.45) is 0 Å². The largest absolute Gasteiger partial charge is 0.493 e. The fraction of sp³-hybridized carbons (Fsp3) is 0.263. The molecule has 0 fully saturated rings. The molecule has 1 unspecified atom stereocenters. The van der Waals surface area contributed by atoms with Crippen LogP contribution in [0.3, 0.4) is 0 Å². The van der Waals surface area contributed by atoms with Crippen LogP contribution in [0.2, 0.25) is 0 Å². The molecule has 3 rings (SSSR count). The van der Waals surface area contributed by atoms with Crippen LogP contribution in [-0.4, -0.2) is 23.6 Å². The van der Waals surface area contributed by atoms with Gasteiger partial charge in [-0.1, -0.05) is 6.07 Å². The second kappa shape index (κ2) is 7.51. The zero-order valence-electron chi connectivity index (χ0n) is 13.8. The molecular formula is C19H17F2NO4. The van der Waals surface area contributed by atoms with Crippen LogP contribution >= 0.6 is 0 Å². The number of ether oxygens (including phenoxy) is 1. The fourth-order valence-electron chi connectivity index (χ4n) is 2.89. The molecule has 136 valence electrons. The van der Waals surface area contributed by atoms with Crippen molar-refractivity contribution < 1.29 is 28.2 Å². The third-order valence-electron chi connectivity index (χ3n) is 4.23. The molecule has 1 heterocycles. The van der Waals surface area contributed by atoms with Crippen LogP contribution in [0.15, 0.2) is 36.4 Å². The van der Waals surface area contributed by atoms with Gasteiger partial charge in [0.2, 0.25) is 5.91 Å². The summed E-state index contributed by atoms with van der Waals surface area (Å²) in [5.74, 6) is -2.24. The number of hydrogen-bond acceptors (Lipinski definition) is 3. The highest BCUT2D eigenvalue weighted by atomic mass is 19.1. The molecule has 2 N–H and O–H groups in total. The standard InChI is InChI=1S/C19H17F2NO4/c20-14-3-4-15(21)11(10-14)2-6-17(23)22-18(19(24)25)13-1-5-16-12(9-13)7-8-26-16/h1,3-5,9-10,18H,2,6-8H2,(H,22,23)(H,24,25). The van der Waals surface area contributed by atoms with Crippen LogP contribution in [0.1, 0.15) is 29.2 Å². The quantitative estimate of drug-likeness (QED) is 0.830. The van der Waals surface area contributed by atoms with Crippen molar-refractivity contribution in [3.8, 4) is 5.75 Å². The highest BCUT2D eigenvalue weighted by molar-refractivity contribution is 5.84. The smallest absolute Gasteiger partial charge is 0.330 e. The van der Waals surface area contributed by atoms with Crippen LogP contribution in [0.25, 0.3) is 0 Å². The summed E-state index contributed by atoms with van der Waals surface area (Å²) in [4.78, 5) is 23.7. The van der Waals surface area contributed by atoms with E-state index in [1.54, 1.807) is 18.2 Å². The number of rotatable bonds is 6. The molecule has 26 heavy (non-hydrogen) atoms. The number of hydrogen-bond donors (Lipinski definition) is 2. The summed E-state index contributed by atoms with van der Waals surface area (Å²) < 4.78 is 32.1. The van der Waals surface area contributed by atoms with Gasteiger partial charge in [0.25, 0.3) is 0 Å². The predicted octanol–water partition coefficient (Wildman–Crippen LogP) is 2.77. The Morgan fingerprint density at radius 1 is 1.19 bits per heavy atom. The minimum absolute atomic E-state index is 0.0280. The SMILES string of the molecule is O=C(CCc1cc(F)ccc1F)NC(C(=O)O)c1ccc2c(c1)CCO2. The lowest BCUT2D eigenvalue weighted by Crippen LogP contribution is -2.34. The molecule has 0 aromatic heterocycles. The van der Waals surface area contributed by atoms with Gasteiger partial charge in [0.05, 0.1) is 6.61 Å². The summed E-state index contributed by atoms with van der Waals surface area (Å²) in [7, 11) is 0. The van der Waals surface area contributed by atoms with E-state index in [2.05, 4.69) is 5.32 Å². The van der Waals surface area contributed by atoms with E-state index in [9.17, 15) is 23.5 Å². The number of fused-ring (bicyclic) bond motifs is 1. The highest BCUT2D eigenvalue weighted by Gasteiger charge is 2.24. The van der Waals surface area contributed by atoms with Crippen molar-refractivity contribution in [3.63, 3.8) is 0 Å². The molecule has 1 amide bonds. The van der Waals surface area contributed by atoms with Crippen LogP contribution in [0.5, 0.6) is 5.75 Å². The molecule has 0 saturated heterocycles. The lowest BCUT2D eigenvalue weighted by atomic mass is 10.0. The van der Waals surface area contributed by atoms with Gasteiger partial charge in [0, 0.05) is 12.8 Å². The number of carbonyl (C=O) groups is 2. The molecule has 7 heteroatoms. The number of amides is 1. The number of nitrogens with one attached hydrogen (secondary N) is 1. The average Bonchev–Trinajstić information content (AvgIpc) is 3.07. The summed E-state index contributed by atoms with van der Waals surface area (Å²) >= 11 is 0. The van der Waals surface area contributed by atoms with Crippen LogP contribution in [0.4, 0.5) is 8.78 Å². The Bertz CT molecular complexity index is 853. The van der Waals surface area contributed by atoms with E-state index in [1.807, 2.05) is 0 Å². The summed E-state index contributed by atoms with van der Waals surface area (Å²) in [6.45, 7) is 0.544. The molecule has 5 nitrogen and oxygen atoms in total. The van der Waals surface area contributed by atoms with E-state index in [0.29, 0.717) is 24.3 Å². The molecule has 0 aliphatic carbocycles. The third kappa shape index (κ3) is 3.99. The molecule has 0 radical (unpaired) electrons. The third-order valence-corrected chi connectivity index (χ3v) is 4.23. The Labute approximate surface area is 148 Å². The molecule has 0 saturated carbocycles. The minimum atomic E-state index is -1.22. The number of carboxylic acids is 1. The van der Waals surface area contributed by atoms with Gasteiger partial charge in [-0.25, -0.2) is 13.6 Å². The lowest BCUT2D eigenvalue weighted by molar-refractivity contribution is -0.142. The normalized spacial score (nSPS) is 13.6. The highest BCUT2D eigenvalue weighted by Crippen LogP contribution is 2.28. The van der Waals surface area contributed by atoms with Crippen molar-refractivity contribution in [2.45, 2.75) is 25.3 Å². The maximum Gasteiger partial charge on any atom is 0.330 e. The second-order valence-corrected chi connectivity index (χ2v) is 6.04. The molecule has 1 aliphatic heterocycles. The van der Waals surface area contributed by atoms with Gasteiger partial charge in [-0.2, -0.15) is 0 Å². The van der Waals surface area contributed by atoms with E-state index in [-0.39, 0.29) is 18.4 Å². The molecule has 2 aromatic rings. The second-order valence-electron chi connectivity index (χ2n) is 6.04. The summed E-state index contributed by atoms with van der Waals surface area (Å²) in [6, 6.07) is 6.78. The van der Waals surface area contributed by atoms with E-state index < -0.39 is 29.6 Å². The van der Waals surface area contributed by atoms with Crippen LogP contribution in [-0.2, 0) is 22.4 Å². The Hall–Kier alpha value is -2.96. The van der Waals surface area contributed by atoms with Crippen molar-refractivity contribution >= 4 is 11.9 Å². The summed E-state index contributed by atoms with van der Waals surface area (Å²) in [6.07, 6.45) is 0.500. The summed E-state index contributed by atoms with van der Waals surface area (Å²) in [5.41, 5.74) is 1.40. The van der Waals surface area contributed by atoms with Crippen LogP contribution < -0.4 is 10.1 Å². The number of halogens is 2. The van der Waals surface area contributed by atoms with E-state index in [4.69, 9.17) is 4.74 Å². The van der Waals surface area contributed by atoms with Crippen molar-refractivity contribution in [1.29, 1.82) is 0 Å². The Morgan fingerprint density at radius 2 is 2.00 bits per heavy atom. The van der Waals surface area contributed by atoms with E-state index in [1.165, 1.54) is 0 Å². The van der Waals surface area contributed by atoms with E-state index in [0.717, 1.165) is 23.8 Å². The maximum atomic E-state index is 13.6. The maximum absolute atomic E-state index is 13.6. The van der Waals surface area contributed by atoms with Gasteiger partial charge in [-0.05, 0) is 53.4 Å². The fourth-order valence-corrected chi connectivity index (χ4v) is 2.89. The first kappa shape index (κ1) is 17.8. The van der Waals surface area contributed by atoms with E-state index >= 15 is 0 Å². The molecule has 0 spiro atoms. The average molecular weight is 361 g/mol. The van der Waals surface area contributed by atoms with Gasteiger partial charge >= 0.3 is 5.97 Å². The van der Waals surface area contributed by atoms with Crippen molar-refractivity contribution in [1.82, 2.24) is 5.32 Å². The van der Waals surface area contributed by atoms with Gasteiger partial charge in [0.1, 0.15) is 17.4 Å². The lowest BCUT2D eigenvalue weighted by Gasteiger charge is -2.16. The topological polar surface area (TPSA) is 75.6 Å².